The fourth-order valence-electron chi connectivity index (χ4n) is 5.86. The molecule has 0 radical (unpaired) electrons. The number of pyridine rings is 1. The van der Waals surface area contributed by atoms with Gasteiger partial charge in [-0.05, 0) is 55.7 Å². The third-order valence-electron chi connectivity index (χ3n) is 8.10. The molecule has 2 fully saturated rings. The van der Waals surface area contributed by atoms with Crippen LogP contribution in [0.2, 0.25) is 0 Å². The Kier molecular flexibility index (Phi) is 7.09. The number of carboxylic acid groups (broad SMARTS) is 1. The van der Waals surface area contributed by atoms with Gasteiger partial charge in [-0.15, -0.1) is 0 Å². The minimum Gasteiger partial charge on any atom is -0.487 e. The molecule has 0 bridgehead atoms. The quantitative estimate of drug-likeness (QED) is 0.270. The Balaban J connectivity index is 1.35. The third-order valence-corrected chi connectivity index (χ3v) is 8.10. The maximum atomic E-state index is 15.4. The molecule has 41 heavy (non-hydrogen) atoms. The lowest BCUT2D eigenvalue weighted by Gasteiger charge is -2.40. The number of nitrogens with zero attached hydrogens (tertiary/aromatic N) is 4. The summed E-state index contributed by atoms with van der Waals surface area (Å²) in [5.74, 6) is -3.83. The van der Waals surface area contributed by atoms with Crippen LogP contribution < -0.4 is 9.64 Å². The topological polar surface area (TPSA) is 80.5 Å². The molecule has 4 aromatic rings. The van der Waals surface area contributed by atoms with E-state index >= 15 is 4.39 Å². The molecule has 2 aliphatic rings. The normalized spacial score (nSPS) is 20.1. The van der Waals surface area contributed by atoms with Crippen LogP contribution in [-0.2, 0) is 17.9 Å². The number of aryl methyl sites for hydroxylation is 1. The van der Waals surface area contributed by atoms with E-state index in [0.29, 0.717) is 46.7 Å². The highest BCUT2D eigenvalue weighted by Gasteiger charge is 2.44. The number of halogens is 3. The molecule has 0 unspecified atom stereocenters. The van der Waals surface area contributed by atoms with Crippen LogP contribution in [0.4, 0.5) is 18.9 Å². The van der Waals surface area contributed by atoms with Crippen molar-refractivity contribution in [2.45, 2.75) is 57.6 Å². The molecule has 1 N–H and O–H groups in total. The molecule has 7 nitrogen and oxygen atoms in total. The number of carbonyl (C=O) groups is 1. The van der Waals surface area contributed by atoms with Crippen LogP contribution in [0.15, 0.2) is 54.7 Å². The second-order valence-electron chi connectivity index (χ2n) is 11.1. The Labute approximate surface area is 235 Å². The second-order valence-corrected chi connectivity index (χ2v) is 11.1. The molecule has 1 saturated carbocycles. The molecule has 0 spiro atoms. The van der Waals surface area contributed by atoms with Crippen LogP contribution in [0.3, 0.4) is 0 Å². The highest BCUT2D eigenvalue weighted by molar-refractivity contribution is 5.79. The van der Waals surface area contributed by atoms with Crippen molar-refractivity contribution in [3.63, 3.8) is 0 Å². The molecule has 10 heteroatoms. The number of aromatic nitrogens is 3. The van der Waals surface area contributed by atoms with E-state index in [9.17, 15) is 18.7 Å². The summed E-state index contributed by atoms with van der Waals surface area (Å²) >= 11 is 0. The van der Waals surface area contributed by atoms with E-state index in [4.69, 9.17) is 9.72 Å². The number of imidazole rings is 1. The van der Waals surface area contributed by atoms with Gasteiger partial charge in [0.05, 0.1) is 42.3 Å². The number of aliphatic carboxylic acids is 1. The molecule has 3 heterocycles. The molecule has 2 atom stereocenters. The van der Waals surface area contributed by atoms with E-state index in [1.165, 1.54) is 11.0 Å². The van der Waals surface area contributed by atoms with Gasteiger partial charge >= 0.3 is 5.97 Å². The molecular weight excluding hydrogens is 533 g/mol. The Bertz CT molecular complexity index is 1580. The Morgan fingerprint density at radius 1 is 1.10 bits per heavy atom. The number of alkyl halides is 2. The van der Waals surface area contributed by atoms with Crippen molar-refractivity contribution in [3.8, 4) is 5.75 Å². The number of hydrogen-bond donors (Lipinski definition) is 1. The van der Waals surface area contributed by atoms with Gasteiger partial charge in [-0.1, -0.05) is 25.0 Å². The molecule has 6 rings (SSSR count). The molecule has 1 aliphatic heterocycles. The van der Waals surface area contributed by atoms with Crippen molar-refractivity contribution in [2.75, 3.05) is 18.0 Å². The minimum absolute atomic E-state index is 0.111. The Morgan fingerprint density at radius 2 is 1.90 bits per heavy atom. The van der Waals surface area contributed by atoms with Gasteiger partial charge in [0.15, 0.2) is 0 Å². The van der Waals surface area contributed by atoms with Gasteiger partial charge in [0.2, 0.25) is 0 Å². The van der Waals surface area contributed by atoms with Crippen molar-refractivity contribution < 1.29 is 27.8 Å². The van der Waals surface area contributed by atoms with Crippen molar-refractivity contribution in [2.24, 2.45) is 5.92 Å². The van der Waals surface area contributed by atoms with E-state index in [1.807, 2.05) is 41.8 Å². The Hall–Kier alpha value is -4.08. The SMILES string of the molecule is Cc1ccc(COc2ccc3nc([C@@H]4CCCC[C@@H]4C(=O)O)n(Cc4ccc(N5CC(F)(F)C5)cc4F)c3c2)nc1. The van der Waals surface area contributed by atoms with Gasteiger partial charge in [0, 0.05) is 29.4 Å². The standard InChI is InChI=1S/C31H31F3N4O3/c1-19-6-8-21(35-14-19)16-41-23-10-11-27-28(13-23)38(29(36-27)24-4-2-3-5-25(24)30(39)40)15-20-7-9-22(12-26(20)32)37-17-31(33,34)18-37/h6-14,24-25H,2-5,15-18H2,1H3,(H,39,40)/t24-,25+/m1/s1. The average molecular weight is 565 g/mol. The zero-order valence-electron chi connectivity index (χ0n) is 22.7. The zero-order chi connectivity index (χ0) is 28.7. The monoisotopic (exact) mass is 564 g/mol. The number of rotatable bonds is 8. The van der Waals surface area contributed by atoms with E-state index < -0.39 is 36.7 Å². The van der Waals surface area contributed by atoms with E-state index in [1.54, 1.807) is 18.3 Å². The van der Waals surface area contributed by atoms with Gasteiger partial charge in [-0.3, -0.25) is 9.78 Å². The summed E-state index contributed by atoms with van der Waals surface area (Å²) < 4.78 is 50.0. The van der Waals surface area contributed by atoms with Gasteiger partial charge in [0.1, 0.15) is 24.0 Å². The first kappa shape index (κ1) is 27.1. The number of hydrogen-bond acceptors (Lipinski definition) is 5. The minimum atomic E-state index is -2.75. The van der Waals surface area contributed by atoms with Gasteiger partial charge in [-0.2, -0.15) is 0 Å². The highest BCUT2D eigenvalue weighted by atomic mass is 19.3. The number of benzene rings is 2. The first-order valence-electron chi connectivity index (χ1n) is 13.9. The summed E-state index contributed by atoms with van der Waals surface area (Å²) in [5.41, 5.74) is 3.96. The van der Waals surface area contributed by atoms with Crippen LogP contribution >= 0.6 is 0 Å². The smallest absolute Gasteiger partial charge is 0.307 e. The third kappa shape index (κ3) is 5.60. The number of carboxylic acids is 1. The van der Waals surface area contributed by atoms with Crippen LogP contribution in [0, 0.1) is 18.7 Å². The van der Waals surface area contributed by atoms with Crippen LogP contribution in [0.5, 0.6) is 5.75 Å². The molecule has 214 valence electrons. The van der Waals surface area contributed by atoms with Gasteiger partial charge < -0.3 is 19.3 Å². The van der Waals surface area contributed by atoms with E-state index in [0.717, 1.165) is 24.1 Å². The van der Waals surface area contributed by atoms with Crippen molar-refractivity contribution in [3.05, 3.63) is 83.2 Å². The number of ether oxygens (including phenoxy) is 1. The largest absolute Gasteiger partial charge is 0.487 e. The zero-order valence-corrected chi connectivity index (χ0v) is 22.7. The summed E-state index contributed by atoms with van der Waals surface area (Å²) in [7, 11) is 0. The lowest BCUT2D eigenvalue weighted by molar-refractivity contribution is -0.143. The molecule has 2 aromatic heterocycles. The van der Waals surface area contributed by atoms with Crippen molar-refractivity contribution in [1.29, 1.82) is 0 Å². The predicted molar refractivity (Wildman–Crippen MR) is 148 cm³/mol. The first-order chi connectivity index (χ1) is 19.7. The molecular formula is C31H31F3N4O3. The molecule has 0 amide bonds. The summed E-state index contributed by atoms with van der Waals surface area (Å²) in [6.45, 7) is 1.48. The fourth-order valence-corrected chi connectivity index (χ4v) is 5.86. The van der Waals surface area contributed by atoms with Crippen LogP contribution in [-0.4, -0.2) is 44.6 Å². The number of anilines is 1. The van der Waals surface area contributed by atoms with Crippen LogP contribution in [0.25, 0.3) is 11.0 Å². The molecule has 1 aliphatic carbocycles. The molecule has 2 aromatic carbocycles. The van der Waals surface area contributed by atoms with E-state index in [2.05, 4.69) is 4.98 Å². The van der Waals surface area contributed by atoms with E-state index in [-0.39, 0.29) is 19.1 Å². The maximum absolute atomic E-state index is 15.4. The van der Waals surface area contributed by atoms with Gasteiger partial charge in [0.25, 0.3) is 5.92 Å². The maximum Gasteiger partial charge on any atom is 0.307 e. The summed E-state index contributed by atoms with van der Waals surface area (Å²) in [5, 5.41) is 9.98. The Morgan fingerprint density at radius 3 is 2.61 bits per heavy atom. The predicted octanol–water partition coefficient (Wildman–Crippen LogP) is 6.32. The first-order valence-corrected chi connectivity index (χ1v) is 13.9. The second kappa shape index (κ2) is 10.7. The lowest BCUT2D eigenvalue weighted by atomic mass is 9.78. The van der Waals surface area contributed by atoms with Crippen molar-refractivity contribution >= 4 is 22.7 Å². The fraction of sp³-hybridized carbons (Fsp3) is 0.387. The number of fused-ring (bicyclic) bond motifs is 1. The van der Waals surface area contributed by atoms with Crippen molar-refractivity contribution in [1.82, 2.24) is 14.5 Å². The summed E-state index contributed by atoms with van der Waals surface area (Å²) in [6, 6.07) is 13.9. The lowest BCUT2D eigenvalue weighted by Crippen LogP contribution is -2.56. The molecule has 1 saturated heterocycles. The average Bonchev–Trinajstić information content (AvgIpc) is 3.29. The highest BCUT2D eigenvalue weighted by Crippen LogP contribution is 2.40. The summed E-state index contributed by atoms with van der Waals surface area (Å²) in [6.07, 6.45) is 4.74. The van der Waals surface area contributed by atoms with Gasteiger partial charge in [-0.25, -0.2) is 18.2 Å². The van der Waals surface area contributed by atoms with Crippen LogP contribution in [0.1, 0.15) is 54.2 Å². The summed E-state index contributed by atoms with van der Waals surface area (Å²) in [4.78, 5) is 22.9.